The maximum atomic E-state index is 11.6. The van der Waals surface area contributed by atoms with Crippen molar-refractivity contribution in [2.24, 2.45) is 17.6 Å². The Morgan fingerprint density at radius 3 is 2.64 bits per heavy atom. The van der Waals surface area contributed by atoms with Crippen molar-refractivity contribution in [2.45, 2.75) is 39.2 Å². The van der Waals surface area contributed by atoms with Gasteiger partial charge in [-0.15, -0.1) is 0 Å². The Hall–Kier alpha value is -4.24. The number of nitrogens with one attached hydrogen (secondary N) is 3. The highest BCUT2D eigenvalue weighted by Gasteiger charge is 2.22. The molecule has 4 rings (SSSR count). The van der Waals surface area contributed by atoms with E-state index in [0.29, 0.717) is 30.9 Å². The van der Waals surface area contributed by atoms with E-state index in [2.05, 4.69) is 51.6 Å². The molecule has 0 atom stereocenters. The molecule has 1 heterocycles. The second kappa shape index (κ2) is 13.5. The van der Waals surface area contributed by atoms with Gasteiger partial charge < -0.3 is 21.7 Å². The van der Waals surface area contributed by atoms with Crippen LogP contribution in [0.5, 0.6) is 0 Å². The number of nitro groups is 1. The average molecular weight is 528 g/mol. The molecule has 39 heavy (non-hydrogen) atoms. The summed E-state index contributed by atoms with van der Waals surface area (Å²) >= 11 is 0. The van der Waals surface area contributed by atoms with E-state index in [9.17, 15) is 10.1 Å². The summed E-state index contributed by atoms with van der Waals surface area (Å²) in [6.45, 7) is 8.06. The molecule has 1 saturated carbocycles. The Bertz CT molecular complexity index is 1320. The van der Waals surface area contributed by atoms with Gasteiger partial charge in [-0.3, -0.25) is 10.1 Å². The van der Waals surface area contributed by atoms with Crippen LogP contribution in [-0.2, 0) is 6.54 Å². The second-order valence-corrected chi connectivity index (χ2v) is 10.1. The molecule has 1 aromatic heterocycles. The summed E-state index contributed by atoms with van der Waals surface area (Å²) in [7, 11) is 0. The summed E-state index contributed by atoms with van der Waals surface area (Å²) in [6.07, 6.45) is 9.50. The van der Waals surface area contributed by atoms with Crippen molar-refractivity contribution in [1.29, 1.82) is 0 Å². The fourth-order valence-corrected chi connectivity index (χ4v) is 4.78. The maximum absolute atomic E-state index is 11.6. The minimum Gasteiger partial charge on any atom is -0.364 e. The molecule has 9 nitrogen and oxygen atoms in total. The molecule has 1 aliphatic rings. The lowest BCUT2D eigenvalue weighted by molar-refractivity contribution is -0.384. The monoisotopic (exact) mass is 527 g/mol. The molecule has 3 aromatic rings. The SMILES string of the molecule is C=C(N/C=C/c1ccccc1C)c1cccc(CNc2ncc([N+](=O)[O-])c(NCC3CCC(CN)CC3)n2)c1. The Balaban J connectivity index is 1.35. The highest BCUT2D eigenvalue weighted by molar-refractivity contribution is 5.65. The molecule has 2 aromatic carbocycles. The summed E-state index contributed by atoms with van der Waals surface area (Å²) in [5, 5.41) is 21.2. The van der Waals surface area contributed by atoms with Crippen molar-refractivity contribution in [3.63, 3.8) is 0 Å². The molecular formula is C30H37N7O2. The first kappa shape index (κ1) is 27.8. The van der Waals surface area contributed by atoms with Crippen molar-refractivity contribution < 1.29 is 4.92 Å². The largest absolute Gasteiger partial charge is 0.364 e. The number of nitrogens with two attached hydrogens (primary N) is 1. The predicted molar refractivity (Wildman–Crippen MR) is 158 cm³/mol. The minimum absolute atomic E-state index is 0.126. The Morgan fingerprint density at radius 1 is 1.13 bits per heavy atom. The van der Waals surface area contributed by atoms with Crippen LogP contribution < -0.4 is 21.7 Å². The lowest BCUT2D eigenvalue weighted by atomic mass is 9.82. The molecule has 1 aliphatic carbocycles. The average Bonchev–Trinajstić information content (AvgIpc) is 2.96. The van der Waals surface area contributed by atoms with Crippen LogP contribution in [0.2, 0.25) is 0 Å². The molecule has 0 unspecified atom stereocenters. The Morgan fingerprint density at radius 2 is 1.90 bits per heavy atom. The summed E-state index contributed by atoms with van der Waals surface area (Å²) in [5.41, 5.74) is 10.8. The summed E-state index contributed by atoms with van der Waals surface area (Å²) in [5.74, 6) is 1.62. The first-order chi connectivity index (χ1) is 18.9. The van der Waals surface area contributed by atoms with Crippen LogP contribution in [0.3, 0.4) is 0 Å². The quantitative estimate of drug-likeness (QED) is 0.174. The predicted octanol–water partition coefficient (Wildman–Crippen LogP) is 5.71. The molecule has 5 N–H and O–H groups in total. The fourth-order valence-electron chi connectivity index (χ4n) is 4.78. The smallest absolute Gasteiger partial charge is 0.329 e. The molecule has 204 valence electrons. The lowest BCUT2D eigenvalue weighted by Crippen LogP contribution is -2.25. The minimum atomic E-state index is -0.451. The topological polar surface area (TPSA) is 131 Å². The first-order valence-corrected chi connectivity index (χ1v) is 13.4. The van der Waals surface area contributed by atoms with Crippen molar-refractivity contribution in [2.75, 3.05) is 23.7 Å². The van der Waals surface area contributed by atoms with E-state index in [1.54, 1.807) is 0 Å². The lowest BCUT2D eigenvalue weighted by Gasteiger charge is -2.27. The zero-order valence-electron chi connectivity index (χ0n) is 22.4. The van der Waals surface area contributed by atoms with Gasteiger partial charge in [0.2, 0.25) is 11.8 Å². The molecule has 0 spiro atoms. The van der Waals surface area contributed by atoms with Crippen LogP contribution in [0.1, 0.15) is 47.9 Å². The van der Waals surface area contributed by atoms with E-state index in [-0.39, 0.29) is 11.5 Å². The zero-order valence-corrected chi connectivity index (χ0v) is 22.4. The molecule has 0 radical (unpaired) electrons. The molecule has 0 bridgehead atoms. The maximum Gasteiger partial charge on any atom is 0.329 e. The van der Waals surface area contributed by atoms with Gasteiger partial charge in [-0.2, -0.15) is 4.98 Å². The number of anilines is 2. The Labute approximate surface area is 229 Å². The van der Waals surface area contributed by atoms with Gasteiger partial charge in [-0.05, 0) is 85.4 Å². The molecular weight excluding hydrogens is 490 g/mol. The van der Waals surface area contributed by atoms with E-state index in [0.717, 1.165) is 54.6 Å². The van der Waals surface area contributed by atoms with Gasteiger partial charge in [0.25, 0.3) is 0 Å². The number of aromatic nitrogens is 2. The molecule has 0 saturated heterocycles. The van der Waals surface area contributed by atoms with Crippen LogP contribution in [0.15, 0.2) is 67.5 Å². The fraction of sp³-hybridized carbons (Fsp3) is 0.333. The van der Waals surface area contributed by atoms with Crippen LogP contribution >= 0.6 is 0 Å². The Kier molecular flexibility index (Phi) is 9.64. The van der Waals surface area contributed by atoms with Gasteiger partial charge in [0.15, 0.2) is 0 Å². The van der Waals surface area contributed by atoms with Gasteiger partial charge in [-0.25, -0.2) is 4.98 Å². The second-order valence-electron chi connectivity index (χ2n) is 10.1. The van der Waals surface area contributed by atoms with Crippen LogP contribution in [0.4, 0.5) is 17.5 Å². The van der Waals surface area contributed by atoms with Gasteiger partial charge in [0.1, 0.15) is 6.20 Å². The van der Waals surface area contributed by atoms with Crippen LogP contribution in [-0.4, -0.2) is 28.0 Å². The number of hydrogen-bond donors (Lipinski definition) is 4. The normalized spacial score (nSPS) is 17.1. The first-order valence-electron chi connectivity index (χ1n) is 13.4. The molecule has 1 fully saturated rings. The van der Waals surface area contributed by atoms with E-state index in [4.69, 9.17) is 5.73 Å². The third-order valence-corrected chi connectivity index (χ3v) is 7.26. The third-order valence-electron chi connectivity index (χ3n) is 7.26. The van der Waals surface area contributed by atoms with Crippen molar-refractivity contribution >= 4 is 29.2 Å². The van der Waals surface area contributed by atoms with Gasteiger partial charge >= 0.3 is 5.69 Å². The third kappa shape index (κ3) is 7.87. The highest BCUT2D eigenvalue weighted by atomic mass is 16.6. The zero-order chi connectivity index (χ0) is 27.6. The number of aryl methyl sites for hydroxylation is 1. The van der Waals surface area contributed by atoms with Crippen molar-refractivity contribution in [3.8, 4) is 0 Å². The molecule has 0 amide bonds. The number of benzene rings is 2. The van der Waals surface area contributed by atoms with Crippen LogP contribution in [0, 0.1) is 28.9 Å². The van der Waals surface area contributed by atoms with E-state index >= 15 is 0 Å². The standard InChI is InChI=1S/C30H37N7O2/c1-21-6-3-4-8-26(21)14-15-32-22(2)27-9-5-7-25(16-27)19-34-30-35-20-28(37(38)39)29(36-30)33-18-24-12-10-23(17-31)11-13-24/h3-9,14-16,20,23-24,32H,2,10-13,17-19,31H2,1H3,(H2,33,34,35,36)/b15-14+. The number of nitrogens with zero attached hydrogens (tertiary/aromatic N) is 3. The molecule has 0 aliphatic heterocycles. The summed E-state index contributed by atoms with van der Waals surface area (Å²) in [6, 6.07) is 16.2. The van der Waals surface area contributed by atoms with Gasteiger partial charge in [0, 0.05) is 25.0 Å². The van der Waals surface area contributed by atoms with Gasteiger partial charge in [0.05, 0.1) is 4.92 Å². The van der Waals surface area contributed by atoms with Crippen molar-refractivity contribution in [3.05, 3.63) is 99.9 Å². The van der Waals surface area contributed by atoms with E-state index in [1.807, 2.05) is 48.7 Å². The summed E-state index contributed by atoms with van der Waals surface area (Å²) in [4.78, 5) is 19.7. The number of hydrogen-bond acceptors (Lipinski definition) is 8. The van der Waals surface area contributed by atoms with E-state index < -0.39 is 4.92 Å². The number of rotatable bonds is 12. The summed E-state index contributed by atoms with van der Waals surface area (Å²) < 4.78 is 0. The molecule has 9 heteroatoms. The van der Waals surface area contributed by atoms with Gasteiger partial charge in [-0.1, -0.05) is 49.0 Å². The van der Waals surface area contributed by atoms with Crippen LogP contribution in [0.25, 0.3) is 11.8 Å². The van der Waals surface area contributed by atoms with Crippen molar-refractivity contribution in [1.82, 2.24) is 15.3 Å². The van der Waals surface area contributed by atoms with E-state index in [1.165, 1.54) is 11.8 Å². The highest BCUT2D eigenvalue weighted by Crippen LogP contribution is 2.29.